The summed E-state index contributed by atoms with van der Waals surface area (Å²) >= 11 is 0. The van der Waals surface area contributed by atoms with Gasteiger partial charge in [0.15, 0.2) is 0 Å². The molecule has 0 aromatic heterocycles. The summed E-state index contributed by atoms with van der Waals surface area (Å²) in [6.45, 7) is 1.48. The minimum atomic E-state index is -3.86. The molecular formula is C11H13NO5S. The van der Waals surface area contributed by atoms with Crippen LogP contribution in [0.25, 0.3) is 0 Å². The van der Waals surface area contributed by atoms with E-state index in [1.54, 1.807) is 0 Å². The minimum absolute atomic E-state index is 0.0245. The quantitative estimate of drug-likeness (QED) is 0.815. The molecule has 1 heterocycles. The predicted molar refractivity (Wildman–Crippen MR) is 62.8 cm³/mol. The summed E-state index contributed by atoms with van der Waals surface area (Å²) in [6.07, 6.45) is 0. The van der Waals surface area contributed by atoms with E-state index < -0.39 is 21.6 Å². The summed E-state index contributed by atoms with van der Waals surface area (Å²) in [5, 5.41) is 18.5. The molecule has 6 nitrogen and oxygen atoms in total. The Bertz CT molecular complexity index is 585. The van der Waals surface area contributed by atoms with Crippen molar-refractivity contribution in [3.63, 3.8) is 0 Å². The Labute approximate surface area is 105 Å². The van der Waals surface area contributed by atoms with Gasteiger partial charge in [-0.3, -0.25) is 0 Å². The van der Waals surface area contributed by atoms with Gasteiger partial charge in [0.05, 0.1) is 16.1 Å². The maximum Gasteiger partial charge on any atom is 0.337 e. The topological polar surface area (TPSA) is 94.9 Å². The average Bonchev–Trinajstić information content (AvgIpc) is 2.25. The fraction of sp³-hybridized carbons (Fsp3) is 0.364. The maximum atomic E-state index is 12.2. The molecule has 1 fully saturated rings. The number of nitrogens with zero attached hydrogens (tertiary/aromatic N) is 1. The van der Waals surface area contributed by atoms with Crippen molar-refractivity contribution >= 4 is 16.0 Å². The number of aromatic carboxylic acids is 1. The highest BCUT2D eigenvalue weighted by atomic mass is 32.2. The molecule has 0 spiro atoms. The van der Waals surface area contributed by atoms with Gasteiger partial charge in [0.1, 0.15) is 0 Å². The summed E-state index contributed by atoms with van der Waals surface area (Å²) in [6, 6.07) is 5.44. The smallest absolute Gasteiger partial charge is 0.337 e. The van der Waals surface area contributed by atoms with Gasteiger partial charge in [0, 0.05) is 13.1 Å². The lowest BCUT2D eigenvalue weighted by atomic mass is 10.0. The Morgan fingerprint density at radius 2 is 1.89 bits per heavy atom. The SMILES string of the molecule is CC1(O)CN(S(=O)(=O)c2ccccc2C(=O)O)C1. The number of aliphatic hydroxyl groups is 1. The molecule has 1 aliphatic heterocycles. The Morgan fingerprint density at radius 1 is 1.33 bits per heavy atom. The largest absolute Gasteiger partial charge is 0.478 e. The van der Waals surface area contributed by atoms with Gasteiger partial charge < -0.3 is 10.2 Å². The molecule has 1 aromatic carbocycles. The van der Waals surface area contributed by atoms with Crippen LogP contribution in [0.4, 0.5) is 0 Å². The van der Waals surface area contributed by atoms with Crippen molar-refractivity contribution in [1.82, 2.24) is 4.31 Å². The molecule has 1 aromatic rings. The summed E-state index contributed by atoms with van der Waals surface area (Å²) in [5.41, 5.74) is -1.30. The van der Waals surface area contributed by atoms with E-state index in [1.807, 2.05) is 0 Å². The van der Waals surface area contributed by atoms with E-state index in [9.17, 15) is 18.3 Å². The molecule has 2 rings (SSSR count). The standard InChI is InChI=1S/C11H13NO5S/c1-11(15)6-12(7-11)18(16,17)9-5-3-2-4-8(9)10(13)14/h2-5,15H,6-7H2,1H3,(H,13,14). The maximum absolute atomic E-state index is 12.2. The normalized spacial score (nSPS) is 19.2. The third-order valence-corrected chi connectivity index (χ3v) is 4.62. The molecular weight excluding hydrogens is 258 g/mol. The van der Waals surface area contributed by atoms with Crippen molar-refractivity contribution in [2.45, 2.75) is 17.4 Å². The lowest BCUT2D eigenvalue weighted by Gasteiger charge is -2.42. The molecule has 2 N–H and O–H groups in total. The number of rotatable bonds is 3. The average molecular weight is 271 g/mol. The van der Waals surface area contributed by atoms with E-state index in [0.29, 0.717) is 0 Å². The fourth-order valence-corrected chi connectivity index (χ4v) is 3.75. The second-order valence-electron chi connectivity index (χ2n) is 4.57. The van der Waals surface area contributed by atoms with Crippen molar-refractivity contribution in [1.29, 1.82) is 0 Å². The number of carbonyl (C=O) groups is 1. The molecule has 7 heteroatoms. The van der Waals surface area contributed by atoms with Gasteiger partial charge in [0.2, 0.25) is 10.0 Å². The van der Waals surface area contributed by atoms with Crippen LogP contribution in [0.3, 0.4) is 0 Å². The van der Waals surface area contributed by atoms with E-state index in [2.05, 4.69) is 0 Å². The second-order valence-corrected chi connectivity index (χ2v) is 6.48. The highest BCUT2D eigenvalue weighted by molar-refractivity contribution is 7.89. The zero-order valence-electron chi connectivity index (χ0n) is 9.70. The molecule has 0 bridgehead atoms. The van der Waals surface area contributed by atoms with Crippen LogP contribution in [0.2, 0.25) is 0 Å². The number of sulfonamides is 1. The van der Waals surface area contributed by atoms with Crippen LogP contribution < -0.4 is 0 Å². The summed E-state index contributed by atoms with van der Waals surface area (Å²) in [5.74, 6) is -1.29. The van der Waals surface area contributed by atoms with Crippen molar-refractivity contribution < 1.29 is 23.4 Å². The molecule has 1 saturated heterocycles. The highest BCUT2D eigenvalue weighted by Gasteiger charge is 2.44. The minimum Gasteiger partial charge on any atom is -0.478 e. The number of hydrogen-bond acceptors (Lipinski definition) is 4. The van der Waals surface area contributed by atoms with E-state index in [-0.39, 0.29) is 23.5 Å². The van der Waals surface area contributed by atoms with Gasteiger partial charge in [-0.1, -0.05) is 12.1 Å². The first kappa shape index (κ1) is 13.0. The molecule has 98 valence electrons. The highest BCUT2D eigenvalue weighted by Crippen LogP contribution is 2.29. The van der Waals surface area contributed by atoms with E-state index in [0.717, 1.165) is 4.31 Å². The first-order valence-electron chi connectivity index (χ1n) is 5.29. The Balaban J connectivity index is 2.40. The molecule has 0 saturated carbocycles. The first-order chi connectivity index (χ1) is 8.24. The van der Waals surface area contributed by atoms with Gasteiger partial charge in [-0.25, -0.2) is 13.2 Å². The Morgan fingerprint density at radius 3 is 2.39 bits per heavy atom. The molecule has 0 unspecified atom stereocenters. The van der Waals surface area contributed by atoms with Gasteiger partial charge in [-0.05, 0) is 19.1 Å². The van der Waals surface area contributed by atoms with Crippen LogP contribution in [0.15, 0.2) is 29.2 Å². The lowest BCUT2D eigenvalue weighted by Crippen LogP contribution is -2.61. The number of carboxylic acid groups (broad SMARTS) is 1. The van der Waals surface area contributed by atoms with Gasteiger partial charge in [0.25, 0.3) is 0 Å². The number of hydrogen-bond donors (Lipinski definition) is 2. The number of β-amino-alcohol motifs (C(OH)–C–C–N with tert-alkyl or cyclic N) is 1. The van der Waals surface area contributed by atoms with Gasteiger partial charge in [-0.15, -0.1) is 0 Å². The van der Waals surface area contributed by atoms with Crippen LogP contribution in [0, 0.1) is 0 Å². The molecule has 18 heavy (non-hydrogen) atoms. The lowest BCUT2D eigenvalue weighted by molar-refractivity contribution is -0.0426. The molecule has 1 aliphatic rings. The predicted octanol–water partition coefficient (Wildman–Crippen LogP) is 0.140. The monoisotopic (exact) mass is 271 g/mol. The molecule has 0 aliphatic carbocycles. The van der Waals surface area contributed by atoms with Crippen molar-refractivity contribution in [2.75, 3.05) is 13.1 Å². The van der Waals surface area contributed by atoms with Crippen LogP contribution >= 0.6 is 0 Å². The Kier molecular flexibility index (Phi) is 2.92. The third kappa shape index (κ3) is 2.12. The molecule has 0 amide bonds. The summed E-state index contributed by atoms with van der Waals surface area (Å²) in [7, 11) is -3.86. The summed E-state index contributed by atoms with van der Waals surface area (Å²) in [4.78, 5) is 10.7. The molecule has 0 radical (unpaired) electrons. The van der Waals surface area contributed by atoms with Crippen LogP contribution in [0.1, 0.15) is 17.3 Å². The van der Waals surface area contributed by atoms with Crippen LogP contribution in [0.5, 0.6) is 0 Å². The fourth-order valence-electron chi connectivity index (χ4n) is 1.89. The van der Waals surface area contributed by atoms with Crippen molar-refractivity contribution in [3.8, 4) is 0 Å². The molecule has 0 atom stereocenters. The van der Waals surface area contributed by atoms with E-state index >= 15 is 0 Å². The van der Waals surface area contributed by atoms with Gasteiger partial charge >= 0.3 is 5.97 Å². The zero-order chi connectivity index (χ0) is 13.6. The Hall–Kier alpha value is -1.44. The zero-order valence-corrected chi connectivity index (χ0v) is 10.5. The van der Waals surface area contributed by atoms with Crippen molar-refractivity contribution in [2.24, 2.45) is 0 Å². The third-order valence-electron chi connectivity index (χ3n) is 2.77. The van der Waals surface area contributed by atoms with Crippen LogP contribution in [-0.4, -0.2) is 47.6 Å². The number of benzene rings is 1. The van der Waals surface area contributed by atoms with Gasteiger partial charge in [-0.2, -0.15) is 4.31 Å². The first-order valence-corrected chi connectivity index (χ1v) is 6.73. The van der Waals surface area contributed by atoms with Crippen molar-refractivity contribution in [3.05, 3.63) is 29.8 Å². The van der Waals surface area contributed by atoms with E-state index in [1.165, 1.54) is 31.2 Å². The van der Waals surface area contributed by atoms with E-state index in [4.69, 9.17) is 5.11 Å². The summed E-state index contributed by atoms with van der Waals surface area (Å²) < 4.78 is 25.4. The second kappa shape index (κ2) is 4.04. The van der Waals surface area contributed by atoms with Crippen LogP contribution in [-0.2, 0) is 10.0 Å². The number of carboxylic acids is 1.